The second-order valence-electron chi connectivity index (χ2n) is 4.17. The van der Waals surface area contributed by atoms with Gasteiger partial charge in [-0.25, -0.2) is 0 Å². The first-order valence-corrected chi connectivity index (χ1v) is 5.77. The Morgan fingerprint density at radius 2 is 2.29 bits per heavy atom. The summed E-state index contributed by atoms with van der Waals surface area (Å²) >= 11 is 0. The maximum absolute atomic E-state index is 11.7. The molecule has 1 aliphatic heterocycles. The van der Waals surface area contributed by atoms with Crippen LogP contribution in [0.1, 0.15) is 24.2 Å². The van der Waals surface area contributed by atoms with Crippen molar-refractivity contribution in [1.29, 1.82) is 0 Å². The maximum atomic E-state index is 11.7. The van der Waals surface area contributed by atoms with Crippen LogP contribution in [0.25, 0.3) is 0 Å². The molecule has 4 heteroatoms. The molecule has 1 amide bonds. The molecule has 0 radical (unpaired) electrons. The van der Waals surface area contributed by atoms with E-state index in [0.717, 1.165) is 16.8 Å². The van der Waals surface area contributed by atoms with Gasteiger partial charge in [-0.15, -0.1) is 0 Å². The number of likely N-dealkylation sites (N-methyl/N-ethyl adjacent to an activating group) is 1. The van der Waals surface area contributed by atoms with Crippen molar-refractivity contribution in [2.45, 2.75) is 19.4 Å². The van der Waals surface area contributed by atoms with Crippen LogP contribution in [0, 0.1) is 0 Å². The molecule has 0 bridgehead atoms. The van der Waals surface area contributed by atoms with Crippen molar-refractivity contribution in [3.05, 3.63) is 29.3 Å². The van der Waals surface area contributed by atoms with Gasteiger partial charge in [0, 0.05) is 19.3 Å². The van der Waals surface area contributed by atoms with E-state index in [0.29, 0.717) is 13.0 Å². The van der Waals surface area contributed by atoms with Crippen LogP contribution >= 0.6 is 0 Å². The van der Waals surface area contributed by atoms with Gasteiger partial charge >= 0.3 is 0 Å². The van der Waals surface area contributed by atoms with Crippen molar-refractivity contribution in [2.75, 3.05) is 25.2 Å². The summed E-state index contributed by atoms with van der Waals surface area (Å²) in [6.07, 6.45) is -0.201. The number of anilines is 1. The van der Waals surface area contributed by atoms with Crippen LogP contribution in [0.5, 0.6) is 0 Å². The van der Waals surface area contributed by atoms with Gasteiger partial charge in [0.15, 0.2) is 0 Å². The topological polar surface area (TPSA) is 49.8 Å². The van der Waals surface area contributed by atoms with E-state index in [1.165, 1.54) is 0 Å². The Bertz CT molecular complexity index is 431. The summed E-state index contributed by atoms with van der Waals surface area (Å²) in [6, 6.07) is 5.65. The minimum Gasteiger partial charge on any atom is -0.386 e. The van der Waals surface area contributed by atoms with Crippen molar-refractivity contribution in [2.24, 2.45) is 0 Å². The summed E-state index contributed by atoms with van der Waals surface area (Å²) in [6.45, 7) is 2.91. The van der Waals surface area contributed by atoms with E-state index in [1.54, 1.807) is 12.0 Å². The fourth-order valence-electron chi connectivity index (χ4n) is 2.21. The van der Waals surface area contributed by atoms with Crippen LogP contribution in [0.4, 0.5) is 5.69 Å². The number of benzene rings is 1. The number of aliphatic hydroxyl groups is 1. The molecule has 1 aromatic carbocycles. The first-order valence-electron chi connectivity index (χ1n) is 5.77. The van der Waals surface area contributed by atoms with Gasteiger partial charge in [-0.1, -0.05) is 12.1 Å². The first-order chi connectivity index (χ1) is 8.17. The Morgan fingerprint density at radius 1 is 1.53 bits per heavy atom. The lowest BCUT2D eigenvalue weighted by atomic mass is 10.0. The fraction of sp³-hybridized carbons (Fsp3) is 0.462. The number of rotatable bonds is 4. The molecule has 4 nitrogen and oxygen atoms in total. The third-order valence-electron chi connectivity index (χ3n) is 3.06. The molecule has 1 aliphatic rings. The van der Waals surface area contributed by atoms with Crippen LogP contribution in [0.2, 0.25) is 0 Å². The number of ether oxygens (including phenoxy) is 1. The molecule has 1 unspecified atom stereocenters. The van der Waals surface area contributed by atoms with Gasteiger partial charge in [-0.05, 0) is 24.1 Å². The van der Waals surface area contributed by atoms with E-state index in [-0.39, 0.29) is 12.5 Å². The van der Waals surface area contributed by atoms with E-state index in [2.05, 4.69) is 0 Å². The lowest BCUT2D eigenvalue weighted by Gasteiger charge is -2.16. The summed E-state index contributed by atoms with van der Waals surface area (Å²) < 4.78 is 4.91. The predicted octanol–water partition coefficient (Wildman–Crippen LogP) is 1.28. The van der Waals surface area contributed by atoms with Gasteiger partial charge in [0.1, 0.15) is 6.10 Å². The van der Waals surface area contributed by atoms with Crippen LogP contribution in [-0.4, -0.2) is 31.3 Å². The Morgan fingerprint density at radius 3 is 2.94 bits per heavy atom. The summed E-state index contributed by atoms with van der Waals surface area (Å²) in [5, 5.41) is 9.82. The molecule has 2 rings (SSSR count). The third-order valence-corrected chi connectivity index (χ3v) is 3.06. The molecule has 92 valence electrons. The molecule has 17 heavy (non-hydrogen) atoms. The SMILES string of the molecule is CCN1C(=O)Cc2cc(C(O)COC)ccc21. The fourth-order valence-corrected chi connectivity index (χ4v) is 2.21. The van der Waals surface area contributed by atoms with Gasteiger partial charge in [0.05, 0.1) is 13.0 Å². The molecule has 1 atom stereocenters. The molecule has 1 N–H and O–H groups in total. The third kappa shape index (κ3) is 2.18. The van der Waals surface area contributed by atoms with Gasteiger partial charge in [0.2, 0.25) is 5.91 Å². The van der Waals surface area contributed by atoms with E-state index in [9.17, 15) is 9.90 Å². The number of carbonyl (C=O) groups is 1. The van der Waals surface area contributed by atoms with Crippen molar-refractivity contribution >= 4 is 11.6 Å². The highest BCUT2D eigenvalue weighted by atomic mass is 16.5. The van der Waals surface area contributed by atoms with Crippen LogP contribution < -0.4 is 4.90 Å². The second-order valence-corrected chi connectivity index (χ2v) is 4.17. The van der Waals surface area contributed by atoms with Crippen LogP contribution in [0.15, 0.2) is 18.2 Å². The lowest BCUT2D eigenvalue weighted by Crippen LogP contribution is -2.25. The minimum atomic E-state index is -0.629. The standard InChI is InChI=1S/C13H17NO3/c1-3-14-11-5-4-9(12(15)8-17-2)6-10(11)7-13(14)16/h4-6,12,15H,3,7-8H2,1-2H3. The molecular formula is C13H17NO3. The maximum Gasteiger partial charge on any atom is 0.231 e. The molecule has 1 heterocycles. The molecular weight excluding hydrogens is 218 g/mol. The largest absolute Gasteiger partial charge is 0.386 e. The highest BCUT2D eigenvalue weighted by Gasteiger charge is 2.26. The Kier molecular flexibility index (Phi) is 3.45. The number of fused-ring (bicyclic) bond motifs is 1. The molecule has 1 aromatic rings. The summed E-state index contributed by atoms with van der Waals surface area (Å²) in [7, 11) is 1.55. The highest BCUT2D eigenvalue weighted by Crippen LogP contribution is 2.31. The van der Waals surface area contributed by atoms with Gasteiger partial charge in [0.25, 0.3) is 0 Å². The Labute approximate surface area is 101 Å². The number of hydrogen-bond acceptors (Lipinski definition) is 3. The van der Waals surface area contributed by atoms with Crippen molar-refractivity contribution in [3.8, 4) is 0 Å². The molecule has 0 saturated carbocycles. The van der Waals surface area contributed by atoms with Gasteiger partial charge < -0.3 is 14.7 Å². The number of hydrogen-bond donors (Lipinski definition) is 1. The summed E-state index contributed by atoms with van der Waals surface area (Å²) in [4.78, 5) is 13.5. The second kappa shape index (κ2) is 4.85. The summed E-state index contributed by atoms with van der Waals surface area (Å²) in [5.74, 6) is 0.126. The monoisotopic (exact) mass is 235 g/mol. The zero-order valence-corrected chi connectivity index (χ0v) is 10.1. The van der Waals surface area contributed by atoms with Crippen LogP contribution in [-0.2, 0) is 16.0 Å². The smallest absolute Gasteiger partial charge is 0.231 e. The molecule has 0 aromatic heterocycles. The first kappa shape index (κ1) is 12.1. The molecule has 0 spiro atoms. The van der Waals surface area contributed by atoms with Gasteiger partial charge in [-0.2, -0.15) is 0 Å². The van der Waals surface area contributed by atoms with E-state index in [4.69, 9.17) is 4.74 Å². The van der Waals surface area contributed by atoms with Crippen molar-refractivity contribution in [1.82, 2.24) is 0 Å². The molecule has 0 fully saturated rings. The molecule has 0 saturated heterocycles. The number of carbonyl (C=O) groups excluding carboxylic acids is 1. The van der Waals surface area contributed by atoms with Crippen LogP contribution in [0.3, 0.4) is 0 Å². The van der Waals surface area contributed by atoms with E-state index < -0.39 is 6.10 Å². The zero-order valence-electron chi connectivity index (χ0n) is 10.1. The normalized spacial score (nSPS) is 16.2. The predicted molar refractivity (Wildman–Crippen MR) is 65.0 cm³/mol. The van der Waals surface area contributed by atoms with Gasteiger partial charge in [-0.3, -0.25) is 4.79 Å². The molecule has 0 aliphatic carbocycles. The number of amides is 1. The lowest BCUT2D eigenvalue weighted by molar-refractivity contribution is -0.117. The summed E-state index contributed by atoms with van der Waals surface area (Å²) in [5.41, 5.74) is 2.76. The number of aliphatic hydroxyl groups excluding tert-OH is 1. The minimum absolute atomic E-state index is 0.126. The average molecular weight is 235 g/mol. The number of methoxy groups -OCH3 is 1. The van der Waals surface area contributed by atoms with E-state index in [1.807, 2.05) is 25.1 Å². The van der Waals surface area contributed by atoms with E-state index >= 15 is 0 Å². The Hall–Kier alpha value is -1.39. The van der Waals surface area contributed by atoms with Crippen molar-refractivity contribution in [3.63, 3.8) is 0 Å². The van der Waals surface area contributed by atoms with Crippen molar-refractivity contribution < 1.29 is 14.6 Å². The average Bonchev–Trinajstić information content (AvgIpc) is 2.63. The zero-order chi connectivity index (χ0) is 12.4. The quantitative estimate of drug-likeness (QED) is 0.855. The Balaban J connectivity index is 2.28. The number of nitrogens with zero attached hydrogens (tertiary/aromatic N) is 1. The highest BCUT2D eigenvalue weighted by molar-refractivity contribution is 6.01.